The van der Waals surface area contributed by atoms with Crippen molar-refractivity contribution in [3.05, 3.63) is 59.3 Å². The number of likely N-dealkylation sites (tertiary alicyclic amines) is 1. The summed E-state index contributed by atoms with van der Waals surface area (Å²) >= 11 is 0. The number of fused-ring (bicyclic) bond motifs is 1. The summed E-state index contributed by atoms with van der Waals surface area (Å²) in [5, 5.41) is 14.4. The minimum Gasteiger partial charge on any atom is -0.480 e. The van der Waals surface area contributed by atoms with Gasteiger partial charge in [0.15, 0.2) is 0 Å². The summed E-state index contributed by atoms with van der Waals surface area (Å²) in [6, 6.07) is 14.4. The molecule has 0 spiro atoms. The summed E-state index contributed by atoms with van der Waals surface area (Å²) in [5.74, 6) is 0.415. The molecule has 0 amide bonds. The van der Waals surface area contributed by atoms with Crippen LogP contribution < -0.4 is 5.32 Å². The zero-order chi connectivity index (χ0) is 28.9. The maximum atomic E-state index is 13.3. The van der Waals surface area contributed by atoms with Gasteiger partial charge in [-0.3, -0.25) is 4.90 Å². The van der Waals surface area contributed by atoms with E-state index in [-0.39, 0.29) is 12.0 Å². The lowest BCUT2D eigenvalue weighted by Gasteiger charge is -2.44. The fourth-order valence-electron chi connectivity index (χ4n) is 7.03. The topological polar surface area (TPSA) is 74.7 Å². The average Bonchev–Trinajstić information content (AvgIpc) is 3.47. The molecule has 6 heteroatoms. The molecule has 1 fully saturated rings. The Morgan fingerprint density at radius 2 is 1.88 bits per heavy atom. The summed E-state index contributed by atoms with van der Waals surface area (Å²) in [6.07, 6.45) is 15.4. The molecule has 1 aromatic carbocycles. The highest BCUT2D eigenvalue weighted by Crippen LogP contribution is 2.43. The Hall–Kier alpha value is -2.44. The van der Waals surface area contributed by atoms with E-state index in [4.69, 9.17) is 9.72 Å². The first-order chi connectivity index (χ1) is 20.1. The summed E-state index contributed by atoms with van der Waals surface area (Å²) in [4.78, 5) is 20.4. The van der Waals surface area contributed by atoms with Crippen LogP contribution in [0.25, 0.3) is 0 Å². The monoisotopic (exact) mass is 563 g/mol. The highest BCUT2D eigenvalue weighted by molar-refractivity contribution is 5.81. The highest BCUT2D eigenvalue weighted by Gasteiger charge is 2.53. The van der Waals surface area contributed by atoms with Crippen molar-refractivity contribution in [1.29, 1.82) is 0 Å². The molecule has 1 saturated heterocycles. The van der Waals surface area contributed by atoms with Crippen molar-refractivity contribution in [2.45, 2.75) is 115 Å². The lowest BCUT2D eigenvalue weighted by Crippen LogP contribution is -2.56. The first kappa shape index (κ1) is 31.5. The van der Waals surface area contributed by atoms with Crippen LogP contribution in [0.15, 0.2) is 42.5 Å². The molecule has 0 radical (unpaired) electrons. The first-order valence-electron chi connectivity index (χ1n) is 16.5. The van der Waals surface area contributed by atoms with Crippen LogP contribution in [0.1, 0.15) is 108 Å². The molecule has 2 aliphatic heterocycles. The van der Waals surface area contributed by atoms with Crippen molar-refractivity contribution >= 4 is 11.8 Å². The number of rotatable bonds is 18. The number of ether oxygens (including phenoxy) is 1. The molecule has 6 nitrogen and oxygen atoms in total. The largest absolute Gasteiger partial charge is 0.480 e. The molecular formula is C35H53N3O3. The standard InChI is InChI=1S/C35H53N3O3/c1-3-5-6-7-8-10-17-29(4-2)35(34(39)40,30-18-11-9-12-19-30)38-25-23-32(27-38)41-26-14-13-20-31-22-21-28-16-15-24-36-33(28)37-31/h9,11-12,18-19,21-22,29,32H,3-8,10,13-17,20,23-27H2,1-2H3,(H,36,37)(H,39,40)/t29?,32-,35?/m1/s1. The number of carboxylic acid groups (broad SMARTS) is 1. The van der Waals surface area contributed by atoms with Gasteiger partial charge in [-0.1, -0.05) is 95.2 Å². The lowest BCUT2D eigenvalue weighted by molar-refractivity contribution is -0.157. The molecule has 2 unspecified atom stereocenters. The molecule has 1 aromatic heterocycles. The number of pyridine rings is 1. The number of unbranched alkanes of at least 4 members (excludes halogenated alkanes) is 6. The fourth-order valence-corrected chi connectivity index (χ4v) is 7.03. The number of carbonyl (C=O) groups is 1. The second-order valence-corrected chi connectivity index (χ2v) is 12.1. The predicted molar refractivity (Wildman–Crippen MR) is 167 cm³/mol. The Balaban J connectivity index is 1.33. The van der Waals surface area contributed by atoms with E-state index in [2.05, 4.69) is 36.2 Å². The number of aliphatic carboxylic acids is 1. The third kappa shape index (κ3) is 8.10. The minimum absolute atomic E-state index is 0.0610. The Morgan fingerprint density at radius 3 is 2.66 bits per heavy atom. The molecule has 4 rings (SSSR count). The molecule has 41 heavy (non-hydrogen) atoms. The number of benzene rings is 1. The van der Waals surface area contributed by atoms with Crippen molar-refractivity contribution in [3.8, 4) is 0 Å². The average molecular weight is 564 g/mol. The number of hydrogen-bond acceptors (Lipinski definition) is 5. The second kappa shape index (κ2) is 16.3. The van der Waals surface area contributed by atoms with E-state index in [1.54, 1.807) is 0 Å². The van der Waals surface area contributed by atoms with Crippen LogP contribution in [-0.2, 0) is 27.9 Å². The Bertz CT molecular complexity index is 1060. The van der Waals surface area contributed by atoms with Crippen LogP contribution in [0.3, 0.4) is 0 Å². The van der Waals surface area contributed by atoms with Gasteiger partial charge in [0.05, 0.1) is 6.10 Å². The molecule has 2 N–H and O–H groups in total. The molecule has 3 atom stereocenters. The van der Waals surface area contributed by atoms with Crippen LogP contribution in [0.2, 0.25) is 0 Å². The molecular weight excluding hydrogens is 510 g/mol. The number of aromatic nitrogens is 1. The van der Waals surface area contributed by atoms with E-state index in [1.165, 1.54) is 44.1 Å². The van der Waals surface area contributed by atoms with Gasteiger partial charge in [-0.15, -0.1) is 0 Å². The van der Waals surface area contributed by atoms with Crippen LogP contribution in [0.5, 0.6) is 0 Å². The quantitative estimate of drug-likeness (QED) is 0.182. The number of carboxylic acids is 1. The lowest BCUT2D eigenvalue weighted by atomic mass is 9.72. The van der Waals surface area contributed by atoms with Gasteiger partial charge in [0.2, 0.25) is 0 Å². The van der Waals surface area contributed by atoms with E-state index >= 15 is 0 Å². The zero-order valence-corrected chi connectivity index (χ0v) is 25.6. The molecule has 2 aliphatic rings. The molecule has 226 valence electrons. The zero-order valence-electron chi connectivity index (χ0n) is 25.6. The van der Waals surface area contributed by atoms with Gasteiger partial charge in [0.1, 0.15) is 11.4 Å². The third-order valence-electron chi connectivity index (χ3n) is 9.31. The van der Waals surface area contributed by atoms with Gasteiger partial charge >= 0.3 is 5.97 Å². The van der Waals surface area contributed by atoms with Gasteiger partial charge in [-0.25, -0.2) is 9.78 Å². The van der Waals surface area contributed by atoms with Crippen LogP contribution >= 0.6 is 0 Å². The maximum Gasteiger partial charge on any atom is 0.329 e. The summed E-state index contributed by atoms with van der Waals surface area (Å²) in [5.41, 5.74) is 2.39. The van der Waals surface area contributed by atoms with Gasteiger partial charge in [0.25, 0.3) is 0 Å². The third-order valence-corrected chi connectivity index (χ3v) is 9.31. The van der Waals surface area contributed by atoms with Gasteiger partial charge < -0.3 is 15.2 Å². The van der Waals surface area contributed by atoms with Crippen molar-refractivity contribution in [1.82, 2.24) is 9.88 Å². The first-order valence-corrected chi connectivity index (χ1v) is 16.5. The Morgan fingerprint density at radius 1 is 1.07 bits per heavy atom. The maximum absolute atomic E-state index is 13.3. The number of hydrogen-bond donors (Lipinski definition) is 2. The Labute approximate surface area is 248 Å². The fraction of sp³-hybridized carbons (Fsp3) is 0.657. The predicted octanol–water partition coefficient (Wildman–Crippen LogP) is 7.61. The number of aryl methyl sites for hydroxylation is 2. The van der Waals surface area contributed by atoms with Crippen molar-refractivity contribution < 1.29 is 14.6 Å². The van der Waals surface area contributed by atoms with E-state index in [9.17, 15) is 9.90 Å². The smallest absolute Gasteiger partial charge is 0.329 e. The molecule has 2 aromatic rings. The molecule has 0 bridgehead atoms. The number of nitrogens with one attached hydrogen (secondary N) is 1. The highest BCUT2D eigenvalue weighted by atomic mass is 16.5. The number of nitrogens with zero attached hydrogens (tertiary/aromatic N) is 2. The van der Waals surface area contributed by atoms with Crippen LogP contribution in [-0.4, -0.2) is 53.3 Å². The minimum atomic E-state index is -1.01. The van der Waals surface area contributed by atoms with Gasteiger partial charge in [-0.2, -0.15) is 0 Å². The van der Waals surface area contributed by atoms with E-state index in [0.717, 1.165) is 81.5 Å². The van der Waals surface area contributed by atoms with Gasteiger partial charge in [0, 0.05) is 31.9 Å². The van der Waals surface area contributed by atoms with Gasteiger partial charge in [-0.05, 0) is 68.1 Å². The molecule has 0 aliphatic carbocycles. The second-order valence-electron chi connectivity index (χ2n) is 12.1. The summed E-state index contributed by atoms with van der Waals surface area (Å²) < 4.78 is 6.35. The summed E-state index contributed by atoms with van der Waals surface area (Å²) in [7, 11) is 0. The van der Waals surface area contributed by atoms with Crippen LogP contribution in [0.4, 0.5) is 5.82 Å². The van der Waals surface area contributed by atoms with Crippen LogP contribution in [0, 0.1) is 5.92 Å². The van der Waals surface area contributed by atoms with E-state index in [1.807, 2.05) is 30.3 Å². The SMILES string of the molecule is CCCCCCCCC(CC)C(C(=O)O)(c1ccccc1)N1CC[C@@H](OCCCCc2ccc3c(n2)NCCC3)C1. The number of anilines is 1. The molecule has 0 saturated carbocycles. The van der Waals surface area contributed by atoms with E-state index in [0.29, 0.717) is 13.2 Å². The van der Waals surface area contributed by atoms with Crippen molar-refractivity contribution in [2.24, 2.45) is 5.92 Å². The Kier molecular flexibility index (Phi) is 12.5. The molecule has 3 heterocycles. The van der Waals surface area contributed by atoms with Crippen molar-refractivity contribution in [3.63, 3.8) is 0 Å². The van der Waals surface area contributed by atoms with Crippen molar-refractivity contribution in [2.75, 3.05) is 31.6 Å². The normalized spacial score (nSPS) is 19.3. The van der Waals surface area contributed by atoms with E-state index < -0.39 is 11.5 Å². The summed E-state index contributed by atoms with van der Waals surface area (Å²) in [6.45, 7) is 7.56.